The molecule has 37 nitrogen and oxygen atoms in total. The first-order chi connectivity index (χ1) is 50.7. The van der Waals surface area contributed by atoms with Gasteiger partial charge in [-0.3, -0.25) is 67.3 Å². The lowest BCUT2D eigenvalue weighted by atomic mass is 9.98. The second kappa shape index (κ2) is 48.2. The van der Waals surface area contributed by atoms with Crippen molar-refractivity contribution in [2.24, 2.45) is 69.0 Å². The van der Waals surface area contributed by atoms with E-state index in [2.05, 4.69) is 63.5 Å². The highest BCUT2D eigenvalue weighted by Gasteiger charge is 2.43. The number of hydrogen-bond donors (Lipinski definition) is 21. The van der Waals surface area contributed by atoms with Gasteiger partial charge in [0, 0.05) is 25.9 Å². The van der Waals surface area contributed by atoms with E-state index in [1.807, 2.05) is 27.7 Å². The second-order valence-electron chi connectivity index (χ2n) is 29.3. The van der Waals surface area contributed by atoms with Crippen molar-refractivity contribution < 1.29 is 87.5 Å². The number of aliphatic imine (C=N–C) groups is 1. The minimum atomic E-state index is -1.86. The van der Waals surface area contributed by atoms with E-state index >= 15 is 0 Å². The van der Waals surface area contributed by atoms with Gasteiger partial charge in [-0.25, -0.2) is 4.79 Å². The number of unbranched alkanes of at least 4 members (excludes halogenated alkanes) is 2. The van der Waals surface area contributed by atoms with Gasteiger partial charge in [-0.15, -0.1) is 0 Å². The molecule has 1 aromatic carbocycles. The Hall–Kier alpha value is -9.33. The van der Waals surface area contributed by atoms with Crippen molar-refractivity contribution in [3.63, 3.8) is 0 Å². The molecule has 610 valence electrons. The number of nitrogens with one attached hydrogen (secondary N) is 11. The number of carboxylic acids is 1. The Morgan fingerprint density at radius 2 is 0.898 bits per heavy atom. The van der Waals surface area contributed by atoms with E-state index in [4.69, 9.17) is 34.4 Å². The van der Waals surface area contributed by atoms with Gasteiger partial charge in [0.15, 0.2) is 5.96 Å². The van der Waals surface area contributed by atoms with Crippen LogP contribution in [0.15, 0.2) is 29.3 Å². The molecule has 27 N–H and O–H groups in total. The summed E-state index contributed by atoms with van der Waals surface area (Å²) in [7, 11) is 0. The maximum Gasteiger partial charge on any atom is 0.328 e. The van der Waals surface area contributed by atoms with Crippen molar-refractivity contribution in [2.75, 3.05) is 32.8 Å². The molecule has 0 radical (unpaired) electrons. The minimum Gasteiger partial charge on any atom is -0.508 e. The van der Waals surface area contributed by atoms with Crippen LogP contribution in [0.3, 0.4) is 0 Å². The number of amides is 13. The number of benzene rings is 1. The Labute approximate surface area is 631 Å². The standard InChI is InChI=1S/C71H123N19O18/c1-36(2)32-44(74)58(95)83-49(33-37(3)4)63(100)87-54(38(5)6)66(103)81-47(20-16-30-78-71(76)77)60(97)84-50(34-42-22-24-43(93)25-23-42)64(101)89-57(41(11)92)68(105)82-45(18-12-14-28-72)59(96)79-46(19-13-15-29-73)61(98)88-56(40(9)10)69(106)90-31-17-21-52(90)65(102)80-48(26-27-53(75)94)62(99)86-55(39(7)8)67(104)85-51(35-91)70(107)108/h22-25,36-41,44-52,54-57,91-93H,12-21,26-35,72-74H2,1-11H3,(H2,75,94)(H,79,96)(H,80,102)(H,81,103)(H,82,105)(H,83,95)(H,84,97)(H,85,104)(H,86,99)(H,87,100)(H,88,98)(H,89,101)(H,107,108)(H4,76,77,78)/t41-,44+,45+,46+,47+,48+,49+,50+,51+,52+,54+,55+,56+,57+/m1/s1. The molecule has 0 bridgehead atoms. The number of carbonyl (C=O) groups excluding carboxylic acids is 13. The molecule has 14 atom stereocenters. The lowest BCUT2D eigenvalue weighted by Gasteiger charge is -2.32. The Balaban J connectivity index is 2.57. The zero-order valence-electron chi connectivity index (χ0n) is 64.3. The Kier molecular flexibility index (Phi) is 42.2. The van der Waals surface area contributed by atoms with Gasteiger partial charge in [0.1, 0.15) is 78.3 Å². The Morgan fingerprint density at radius 1 is 0.491 bits per heavy atom. The molecule has 1 fully saturated rings. The predicted octanol–water partition coefficient (Wildman–Crippen LogP) is -4.32. The molecule has 1 aromatic rings. The summed E-state index contributed by atoms with van der Waals surface area (Å²) in [5.41, 5.74) is 34.8. The van der Waals surface area contributed by atoms with Crippen LogP contribution in [0.1, 0.15) is 172 Å². The van der Waals surface area contributed by atoms with Crippen molar-refractivity contribution in [1.82, 2.24) is 63.4 Å². The van der Waals surface area contributed by atoms with Crippen LogP contribution in [0, 0.1) is 29.6 Å². The fraction of sp³-hybridized carbons (Fsp3) is 0.704. The topological polar surface area (TPSA) is 624 Å². The van der Waals surface area contributed by atoms with Crippen molar-refractivity contribution in [1.29, 1.82) is 0 Å². The fourth-order valence-corrected chi connectivity index (χ4v) is 11.8. The van der Waals surface area contributed by atoms with Crippen LogP contribution < -0.4 is 92.9 Å². The molecule has 0 saturated carbocycles. The summed E-state index contributed by atoms with van der Waals surface area (Å²) in [5, 5.41) is 68.8. The summed E-state index contributed by atoms with van der Waals surface area (Å²) in [6, 6.07) is -12.8. The predicted molar refractivity (Wildman–Crippen MR) is 400 cm³/mol. The highest BCUT2D eigenvalue weighted by molar-refractivity contribution is 6.00. The summed E-state index contributed by atoms with van der Waals surface area (Å²) >= 11 is 0. The molecule has 13 amide bonds. The molecule has 1 saturated heterocycles. The smallest absolute Gasteiger partial charge is 0.328 e. The number of aliphatic carboxylic acids is 1. The van der Waals surface area contributed by atoms with Crippen LogP contribution in [0.2, 0.25) is 0 Å². The second-order valence-corrected chi connectivity index (χ2v) is 29.3. The number of aliphatic hydroxyl groups is 2. The third kappa shape index (κ3) is 33.4. The van der Waals surface area contributed by atoms with Gasteiger partial charge in [0.2, 0.25) is 76.8 Å². The molecule has 1 aliphatic rings. The van der Waals surface area contributed by atoms with Gasteiger partial charge in [-0.05, 0) is 151 Å². The SMILES string of the molecule is CC(C)C[C@H](NC(=O)[C@@H](N)CC(C)C)C(=O)N[C@H](C(=O)N[C@@H](CCCN=C(N)N)C(=O)N[C@@H](Cc1ccc(O)cc1)C(=O)N[C@H](C(=O)N[C@@H](CCCCN)C(=O)N[C@@H](CCCCN)C(=O)N[C@H](C(=O)N1CCC[C@H]1C(=O)N[C@@H](CCC(N)=O)C(=O)N[C@H](C(=O)N[C@@H](CO)C(=O)O)C(C)C)C(C)C)[C@@H](C)O)C(C)C. The highest BCUT2D eigenvalue weighted by atomic mass is 16.4. The number of primary amides is 1. The number of likely N-dealkylation sites (tertiary alicyclic amines) is 1. The summed E-state index contributed by atoms with van der Waals surface area (Å²) in [6.07, 6.45) is -0.903. The van der Waals surface area contributed by atoms with Crippen LogP contribution in [0.25, 0.3) is 0 Å². The number of nitrogens with zero attached hydrogens (tertiary/aromatic N) is 2. The first-order valence-electron chi connectivity index (χ1n) is 37.1. The number of nitrogens with two attached hydrogens (primary N) is 6. The van der Waals surface area contributed by atoms with Gasteiger partial charge >= 0.3 is 5.97 Å². The van der Waals surface area contributed by atoms with Crippen LogP contribution in [-0.2, 0) is 73.5 Å². The summed E-state index contributed by atoms with van der Waals surface area (Å²) in [6.45, 7) is 17.6. The van der Waals surface area contributed by atoms with E-state index in [1.165, 1.54) is 49.9 Å². The van der Waals surface area contributed by atoms with Crippen molar-refractivity contribution in [3.8, 4) is 5.75 Å². The first kappa shape index (κ1) is 94.7. The summed E-state index contributed by atoms with van der Waals surface area (Å²) in [5.74, 6) is -15.2. The van der Waals surface area contributed by atoms with Crippen LogP contribution in [0.5, 0.6) is 5.75 Å². The third-order valence-electron chi connectivity index (χ3n) is 17.9. The first-order valence-corrected chi connectivity index (χ1v) is 37.1. The molecule has 2 rings (SSSR count). The number of carboxylic acid groups (broad SMARTS) is 1. The maximum absolute atomic E-state index is 14.8. The van der Waals surface area contributed by atoms with Crippen LogP contribution in [-0.4, -0.2) is 231 Å². The summed E-state index contributed by atoms with van der Waals surface area (Å²) in [4.78, 5) is 200. The monoisotopic (exact) mass is 1530 g/mol. The number of aromatic hydroxyl groups is 1. The molecule has 0 unspecified atom stereocenters. The molecular weight excluding hydrogens is 1410 g/mol. The largest absolute Gasteiger partial charge is 0.508 e. The number of aliphatic hydroxyl groups excluding tert-OH is 2. The normalized spacial score (nSPS) is 16.5. The zero-order valence-corrected chi connectivity index (χ0v) is 64.3. The van der Waals surface area contributed by atoms with E-state index < -0.39 is 198 Å². The molecular formula is C71H123N19O18. The van der Waals surface area contributed by atoms with Gasteiger partial charge in [-0.2, -0.15) is 0 Å². The highest BCUT2D eigenvalue weighted by Crippen LogP contribution is 2.23. The zero-order chi connectivity index (χ0) is 81.8. The van der Waals surface area contributed by atoms with Gasteiger partial charge < -0.3 is 118 Å². The number of phenolic OH excluding ortho intramolecular Hbond substituents is 1. The van der Waals surface area contributed by atoms with Crippen molar-refractivity contribution in [2.45, 2.75) is 257 Å². The lowest BCUT2D eigenvalue weighted by molar-refractivity contribution is -0.144. The number of hydrogen-bond acceptors (Lipinski definition) is 21. The Bertz CT molecular complexity index is 3170. The lowest BCUT2D eigenvalue weighted by Crippen LogP contribution is -2.62. The number of rotatable bonds is 50. The van der Waals surface area contributed by atoms with E-state index in [0.29, 0.717) is 24.8 Å². The molecule has 1 aliphatic heterocycles. The van der Waals surface area contributed by atoms with E-state index in [-0.39, 0.29) is 120 Å². The third-order valence-corrected chi connectivity index (χ3v) is 17.9. The van der Waals surface area contributed by atoms with E-state index in [9.17, 15) is 87.5 Å². The molecule has 37 heteroatoms. The van der Waals surface area contributed by atoms with E-state index in [0.717, 1.165) is 0 Å². The molecule has 108 heavy (non-hydrogen) atoms. The maximum atomic E-state index is 14.8. The number of carbonyl (C=O) groups is 14. The van der Waals surface area contributed by atoms with Gasteiger partial charge in [0.25, 0.3) is 0 Å². The average Bonchev–Trinajstić information content (AvgIpc) is 1.62. The van der Waals surface area contributed by atoms with Crippen molar-refractivity contribution in [3.05, 3.63) is 29.8 Å². The van der Waals surface area contributed by atoms with Crippen LogP contribution in [0.4, 0.5) is 0 Å². The number of guanidine groups is 1. The van der Waals surface area contributed by atoms with Gasteiger partial charge in [-0.1, -0.05) is 81.4 Å². The van der Waals surface area contributed by atoms with E-state index in [1.54, 1.807) is 27.7 Å². The molecule has 0 spiro atoms. The van der Waals surface area contributed by atoms with Crippen LogP contribution >= 0.6 is 0 Å². The molecule has 0 aliphatic carbocycles. The molecule has 1 heterocycles. The Morgan fingerprint density at radius 3 is 1.34 bits per heavy atom. The number of phenols is 1. The average molecular weight is 1530 g/mol. The van der Waals surface area contributed by atoms with Crippen molar-refractivity contribution >= 4 is 88.7 Å². The van der Waals surface area contributed by atoms with Gasteiger partial charge in [0.05, 0.1) is 18.8 Å². The quantitative estimate of drug-likeness (QED) is 0.0167. The fourth-order valence-electron chi connectivity index (χ4n) is 11.8. The summed E-state index contributed by atoms with van der Waals surface area (Å²) < 4.78 is 0. The minimum absolute atomic E-state index is 0.00727. The molecule has 0 aromatic heterocycles.